The highest BCUT2D eigenvalue weighted by atomic mass is 16.4. The van der Waals surface area contributed by atoms with Gasteiger partial charge in [-0.05, 0) is 37.8 Å². The number of carbonyl (C=O) groups excluding carboxylic acids is 1. The van der Waals surface area contributed by atoms with Gasteiger partial charge in [-0.1, -0.05) is 5.21 Å². The van der Waals surface area contributed by atoms with Crippen molar-refractivity contribution in [1.82, 2.24) is 39.2 Å². The Balaban J connectivity index is 1.17. The van der Waals surface area contributed by atoms with E-state index in [9.17, 15) is 19.5 Å². The Kier molecular flexibility index (Phi) is 6.47. The van der Waals surface area contributed by atoms with Crippen LogP contribution < -0.4 is 5.69 Å². The first kappa shape index (κ1) is 21.5. The topological polar surface area (TPSA) is 144 Å². The van der Waals surface area contributed by atoms with Gasteiger partial charge in [0.05, 0.1) is 12.7 Å². The molecule has 3 aromatic heterocycles. The quantitative estimate of drug-likeness (QED) is 0.465. The van der Waals surface area contributed by atoms with Crippen molar-refractivity contribution in [3.8, 4) is 0 Å². The van der Waals surface area contributed by atoms with Crippen molar-refractivity contribution in [2.45, 2.75) is 51.2 Å². The summed E-state index contributed by atoms with van der Waals surface area (Å²) in [5, 5.41) is 23.5. The number of unbranched alkanes of at least 4 members (excludes halogenated alkanes) is 1. The van der Waals surface area contributed by atoms with E-state index >= 15 is 0 Å². The van der Waals surface area contributed by atoms with E-state index in [1.54, 1.807) is 38.3 Å². The highest BCUT2D eigenvalue weighted by molar-refractivity contribution is 5.85. The highest BCUT2D eigenvalue weighted by Gasteiger charge is 2.24. The summed E-state index contributed by atoms with van der Waals surface area (Å²) in [4.78, 5) is 37.2. The van der Waals surface area contributed by atoms with E-state index in [-0.39, 0.29) is 23.3 Å². The molecule has 0 bridgehead atoms. The third-order valence-electron chi connectivity index (χ3n) is 5.78. The maximum Gasteiger partial charge on any atom is 0.352 e. The summed E-state index contributed by atoms with van der Waals surface area (Å²) in [6, 6.07) is 3.32. The number of carbonyl (C=O) groups is 2. The maximum atomic E-state index is 12.5. The molecule has 170 valence electrons. The van der Waals surface area contributed by atoms with Crippen LogP contribution in [0, 0.1) is 0 Å². The van der Waals surface area contributed by atoms with Gasteiger partial charge >= 0.3 is 11.7 Å². The molecular formula is C20H26N8O4. The summed E-state index contributed by atoms with van der Waals surface area (Å²) in [5.41, 5.74) is 0.681. The van der Waals surface area contributed by atoms with Gasteiger partial charge in [0.15, 0.2) is 0 Å². The van der Waals surface area contributed by atoms with Crippen LogP contribution in [0.2, 0.25) is 0 Å². The second-order valence-electron chi connectivity index (χ2n) is 7.94. The molecule has 4 heterocycles. The first-order chi connectivity index (χ1) is 15.5. The van der Waals surface area contributed by atoms with Gasteiger partial charge in [-0.3, -0.25) is 14.0 Å². The van der Waals surface area contributed by atoms with E-state index in [0.717, 1.165) is 25.7 Å². The molecule has 0 unspecified atom stereocenters. The minimum Gasteiger partial charge on any atom is -0.477 e. The van der Waals surface area contributed by atoms with Gasteiger partial charge in [0.1, 0.15) is 17.7 Å². The van der Waals surface area contributed by atoms with Gasteiger partial charge in [0.2, 0.25) is 5.91 Å². The predicted octanol–water partition coefficient (Wildman–Crippen LogP) is 0.745. The number of amides is 1. The van der Waals surface area contributed by atoms with Gasteiger partial charge in [0, 0.05) is 38.3 Å². The van der Waals surface area contributed by atoms with Gasteiger partial charge in [-0.2, -0.15) is 5.10 Å². The summed E-state index contributed by atoms with van der Waals surface area (Å²) < 4.78 is 4.94. The van der Waals surface area contributed by atoms with Crippen LogP contribution in [0.5, 0.6) is 0 Å². The van der Waals surface area contributed by atoms with Crippen molar-refractivity contribution < 1.29 is 14.7 Å². The molecule has 0 radical (unpaired) electrons. The van der Waals surface area contributed by atoms with Crippen LogP contribution in [0.4, 0.5) is 0 Å². The molecule has 1 aliphatic rings. The number of H-pyrrole nitrogens is 1. The zero-order valence-electron chi connectivity index (χ0n) is 17.6. The number of carboxylic acids is 1. The van der Waals surface area contributed by atoms with Crippen LogP contribution in [0.1, 0.15) is 54.3 Å². The summed E-state index contributed by atoms with van der Waals surface area (Å²) in [7, 11) is 0. The first-order valence-corrected chi connectivity index (χ1v) is 10.7. The Hall–Kier alpha value is -3.70. The number of hydrogen-bond acceptors (Lipinski definition) is 6. The molecule has 0 aromatic carbocycles. The molecule has 1 amide bonds. The molecule has 1 aliphatic heterocycles. The molecule has 0 saturated carbocycles. The molecule has 12 nitrogen and oxygen atoms in total. The van der Waals surface area contributed by atoms with Crippen LogP contribution in [0.25, 0.3) is 0 Å². The maximum absolute atomic E-state index is 12.5. The van der Waals surface area contributed by atoms with E-state index in [2.05, 4.69) is 20.5 Å². The van der Waals surface area contributed by atoms with E-state index in [1.807, 2.05) is 4.90 Å². The lowest BCUT2D eigenvalue weighted by atomic mass is 10.0. The number of aromatic amines is 1. The van der Waals surface area contributed by atoms with E-state index < -0.39 is 5.97 Å². The molecule has 12 heteroatoms. The second kappa shape index (κ2) is 9.62. The van der Waals surface area contributed by atoms with E-state index in [4.69, 9.17) is 0 Å². The van der Waals surface area contributed by atoms with Gasteiger partial charge in [0.25, 0.3) is 0 Å². The molecule has 1 fully saturated rings. The Labute approximate surface area is 183 Å². The number of nitrogens with one attached hydrogen (secondary N) is 1. The molecule has 3 aromatic rings. The van der Waals surface area contributed by atoms with Crippen molar-refractivity contribution in [1.29, 1.82) is 0 Å². The second-order valence-corrected chi connectivity index (χ2v) is 7.94. The molecule has 2 N–H and O–H groups in total. The van der Waals surface area contributed by atoms with Crippen LogP contribution >= 0.6 is 0 Å². The lowest BCUT2D eigenvalue weighted by molar-refractivity contribution is -0.132. The smallest absolute Gasteiger partial charge is 0.352 e. The first-order valence-electron chi connectivity index (χ1n) is 10.7. The number of carboxylic acid groups (broad SMARTS) is 1. The minimum absolute atomic E-state index is 0.0879. The molecule has 0 spiro atoms. The summed E-state index contributed by atoms with van der Waals surface area (Å²) in [6.07, 6.45) is 8.53. The van der Waals surface area contributed by atoms with Crippen molar-refractivity contribution >= 4 is 11.9 Å². The van der Waals surface area contributed by atoms with Crippen molar-refractivity contribution in [3.63, 3.8) is 0 Å². The molecule has 32 heavy (non-hydrogen) atoms. The number of rotatable bonds is 9. The molecule has 0 atom stereocenters. The summed E-state index contributed by atoms with van der Waals surface area (Å²) in [5.74, 6) is -0.845. The normalized spacial score (nSPS) is 14.7. The molecule has 0 aliphatic carbocycles. The number of hydrogen-bond donors (Lipinski definition) is 2. The average Bonchev–Trinajstić information content (AvgIpc) is 3.53. The summed E-state index contributed by atoms with van der Waals surface area (Å²) in [6.45, 7) is 2.27. The fraction of sp³-hybridized carbons (Fsp3) is 0.500. The van der Waals surface area contributed by atoms with Crippen molar-refractivity contribution in [2.24, 2.45) is 0 Å². The number of aromatic nitrogens is 7. The number of piperidine rings is 1. The van der Waals surface area contributed by atoms with Gasteiger partial charge in [-0.15, -0.1) is 5.10 Å². The van der Waals surface area contributed by atoms with E-state index in [0.29, 0.717) is 38.3 Å². The zero-order valence-corrected chi connectivity index (χ0v) is 17.6. The van der Waals surface area contributed by atoms with Crippen LogP contribution in [0.3, 0.4) is 0 Å². The van der Waals surface area contributed by atoms with Crippen LogP contribution in [-0.2, 0) is 17.9 Å². The zero-order chi connectivity index (χ0) is 22.5. The van der Waals surface area contributed by atoms with E-state index in [1.165, 1.54) is 6.33 Å². The van der Waals surface area contributed by atoms with Crippen molar-refractivity contribution in [2.75, 3.05) is 13.1 Å². The highest BCUT2D eigenvalue weighted by Crippen LogP contribution is 2.21. The molecule has 4 rings (SSSR count). The largest absolute Gasteiger partial charge is 0.477 e. The lowest BCUT2D eigenvalue weighted by Crippen LogP contribution is -2.40. The Bertz CT molecular complexity index is 1120. The third-order valence-corrected chi connectivity index (χ3v) is 5.78. The number of aromatic carboxylic acids is 1. The fourth-order valence-electron chi connectivity index (χ4n) is 4.06. The molecular weight excluding hydrogens is 416 g/mol. The SMILES string of the molecule is O=C(O)c1cccn1Cc1cn(CCCCC(=O)N2CCC(n3cn[nH]c3=O)CC2)nn1. The van der Waals surface area contributed by atoms with Crippen LogP contribution in [-0.4, -0.2) is 69.3 Å². The number of likely N-dealkylation sites (tertiary alicyclic amines) is 1. The average molecular weight is 442 g/mol. The number of aryl methyl sites for hydroxylation is 1. The standard InChI is InChI=1S/C20H26N8O4/c29-18(25-10-6-16(7-11-25)28-14-21-23-20(28)32)5-1-2-9-27-13-15(22-24-27)12-26-8-3-4-17(26)19(30)31/h3-4,8,13-14,16H,1-2,5-7,9-12H2,(H,23,32)(H,30,31). The van der Waals surface area contributed by atoms with Gasteiger partial charge in [-0.25, -0.2) is 14.7 Å². The number of nitrogens with zero attached hydrogens (tertiary/aromatic N) is 7. The Morgan fingerprint density at radius 2 is 2.03 bits per heavy atom. The van der Waals surface area contributed by atoms with Gasteiger partial charge < -0.3 is 14.6 Å². The fourth-order valence-corrected chi connectivity index (χ4v) is 4.06. The van der Waals surface area contributed by atoms with Crippen LogP contribution in [0.15, 0.2) is 35.6 Å². The third kappa shape index (κ3) is 4.95. The Morgan fingerprint density at radius 1 is 1.22 bits per heavy atom. The monoisotopic (exact) mass is 442 g/mol. The van der Waals surface area contributed by atoms with Crippen molar-refractivity contribution in [3.05, 3.63) is 52.7 Å². The minimum atomic E-state index is -0.980. The Morgan fingerprint density at radius 3 is 2.75 bits per heavy atom. The predicted molar refractivity (Wildman–Crippen MR) is 112 cm³/mol. The lowest BCUT2D eigenvalue weighted by Gasteiger charge is -2.32. The molecule has 1 saturated heterocycles. The summed E-state index contributed by atoms with van der Waals surface area (Å²) >= 11 is 0.